The smallest absolute Gasteiger partial charge is 0.255 e. The van der Waals surface area contributed by atoms with Gasteiger partial charge in [-0.25, -0.2) is 0 Å². The number of fused-ring (bicyclic) bond motifs is 5. The molecule has 4 aliphatic rings. The molecule has 0 spiro atoms. The molecule has 0 bridgehead atoms. The first kappa shape index (κ1) is 17.0. The van der Waals surface area contributed by atoms with Gasteiger partial charge in [0.1, 0.15) is 11.9 Å². The topological polar surface area (TPSA) is 26.3 Å². The second kappa shape index (κ2) is 5.81. The second-order valence-corrected chi connectivity index (χ2v) is 9.84. The zero-order valence-electron chi connectivity index (χ0n) is 14.6. The quantitative estimate of drug-likeness (QED) is 0.351. The molecule has 3 saturated carbocycles. The molecular weight excluding hydrogens is 340 g/mol. The van der Waals surface area contributed by atoms with Crippen LogP contribution in [0.25, 0.3) is 0 Å². The second-order valence-electron chi connectivity index (χ2n) is 8.90. The summed E-state index contributed by atoms with van der Waals surface area (Å²) in [6.45, 7) is 4.71. The number of ether oxygens (including phenoxy) is 1. The third-order valence-corrected chi connectivity index (χ3v) is 8.21. The van der Waals surface area contributed by atoms with Gasteiger partial charge in [-0.2, -0.15) is 0 Å². The minimum Gasteiger partial charge on any atom is -0.471 e. The summed E-state index contributed by atoms with van der Waals surface area (Å²) in [4.78, 5) is 12.5. The van der Waals surface area contributed by atoms with E-state index in [-0.39, 0.29) is 21.4 Å². The molecule has 0 saturated heterocycles. The van der Waals surface area contributed by atoms with E-state index in [0.717, 1.165) is 50.9 Å². The fourth-order valence-corrected chi connectivity index (χ4v) is 6.89. The Morgan fingerprint density at radius 3 is 2.67 bits per heavy atom. The molecule has 3 fully saturated rings. The zero-order chi connectivity index (χ0) is 17.1. The molecular formula is C20H27ClO2S. The van der Waals surface area contributed by atoms with Gasteiger partial charge in [-0.05, 0) is 85.5 Å². The van der Waals surface area contributed by atoms with Crippen LogP contribution in [0.2, 0.25) is 0 Å². The third kappa shape index (κ3) is 2.41. The van der Waals surface area contributed by atoms with Crippen LogP contribution >= 0.6 is 23.8 Å². The fourth-order valence-electron chi connectivity index (χ4n) is 6.63. The van der Waals surface area contributed by atoms with Crippen molar-refractivity contribution in [3.63, 3.8) is 0 Å². The van der Waals surface area contributed by atoms with Crippen molar-refractivity contribution in [3.05, 3.63) is 11.6 Å². The van der Waals surface area contributed by atoms with Gasteiger partial charge in [0, 0.05) is 18.3 Å². The van der Waals surface area contributed by atoms with E-state index in [0.29, 0.717) is 17.6 Å². The van der Waals surface area contributed by atoms with Crippen LogP contribution in [0.15, 0.2) is 11.6 Å². The highest BCUT2D eigenvalue weighted by molar-refractivity contribution is 7.82. The Bertz CT molecular complexity index is 615. The molecule has 0 N–H and O–H groups in total. The van der Waals surface area contributed by atoms with Crippen molar-refractivity contribution in [2.75, 3.05) is 0 Å². The molecule has 0 heterocycles. The molecule has 0 aromatic heterocycles. The number of carbonyl (C=O) groups is 1. The molecule has 4 aliphatic carbocycles. The van der Waals surface area contributed by atoms with Crippen LogP contribution in [0.3, 0.4) is 0 Å². The number of Topliss-reactive ketones (excluding diaryl/α,β-unsaturated/α-hetero) is 1. The molecule has 1 unspecified atom stereocenters. The molecule has 0 aromatic rings. The first-order valence-electron chi connectivity index (χ1n) is 9.43. The van der Waals surface area contributed by atoms with Gasteiger partial charge in [0.25, 0.3) is 4.51 Å². The highest BCUT2D eigenvalue weighted by atomic mass is 35.5. The summed E-state index contributed by atoms with van der Waals surface area (Å²) in [6, 6.07) is 0. The lowest BCUT2D eigenvalue weighted by Gasteiger charge is -2.56. The summed E-state index contributed by atoms with van der Waals surface area (Å²) in [5.41, 5.74) is 1.80. The van der Waals surface area contributed by atoms with E-state index >= 15 is 0 Å². The third-order valence-electron chi connectivity index (χ3n) is 8.03. The number of hydrogen-bond donors (Lipinski definition) is 0. The summed E-state index contributed by atoms with van der Waals surface area (Å²) in [5, 5.41) is 0. The largest absolute Gasteiger partial charge is 0.471 e. The molecule has 0 amide bonds. The summed E-state index contributed by atoms with van der Waals surface area (Å²) < 4.78 is 5.78. The normalized spacial score (nSPS) is 47.3. The van der Waals surface area contributed by atoms with Crippen molar-refractivity contribution in [1.29, 1.82) is 0 Å². The van der Waals surface area contributed by atoms with Crippen molar-refractivity contribution < 1.29 is 9.53 Å². The molecule has 2 nitrogen and oxygen atoms in total. The van der Waals surface area contributed by atoms with Crippen molar-refractivity contribution in [3.8, 4) is 0 Å². The first-order valence-corrected chi connectivity index (χ1v) is 10.2. The Labute approximate surface area is 155 Å². The van der Waals surface area contributed by atoms with Crippen LogP contribution in [-0.4, -0.2) is 16.4 Å². The van der Waals surface area contributed by atoms with Crippen LogP contribution in [0.1, 0.15) is 65.2 Å². The zero-order valence-corrected chi connectivity index (χ0v) is 16.2. The molecule has 24 heavy (non-hydrogen) atoms. The predicted molar refractivity (Wildman–Crippen MR) is 100 cm³/mol. The van der Waals surface area contributed by atoms with Crippen molar-refractivity contribution in [1.82, 2.24) is 0 Å². The highest BCUT2D eigenvalue weighted by Crippen LogP contribution is 2.64. The molecule has 0 aromatic carbocycles. The van der Waals surface area contributed by atoms with Crippen LogP contribution in [0, 0.1) is 28.6 Å². The first-order chi connectivity index (χ1) is 11.3. The maximum atomic E-state index is 12.5. The van der Waals surface area contributed by atoms with Gasteiger partial charge in [0.15, 0.2) is 0 Å². The van der Waals surface area contributed by atoms with Gasteiger partial charge in [0.05, 0.1) is 0 Å². The SMILES string of the molecule is C[C@]12CCC(OC(=S)Cl)CC1=CC[C@@H]1[C@H]2CC[C@]2(C)C(=O)CC[C@@H]12. The maximum Gasteiger partial charge on any atom is 0.255 e. The lowest BCUT2D eigenvalue weighted by atomic mass is 9.48. The molecule has 132 valence electrons. The van der Waals surface area contributed by atoms with Crippen LogP contribution < -0.4 is 0 Å². The number of thiocarbonyl (C=S) groups is 1. The van der Waals surface area contributed by atoms with E-state index in [1.54, 1.807) is 5.57 Å². The molecule has 4 rings (SSSR count). The van der Waals surface area contributed by atoms with Crippen molar-refractivity contribution >= 4 is 34.1 Å². The number of halogens is 1. The summed E-state index contributed by atoms with van der Waals surface area (Å²) in [7, 11) is 0. The number of carbonyl (C=O) groups excluding carboxylic acids is 1. The van der Waals surface area contributed by atoms with Gasteiger partial charge in [-0.15, -0.1) is 0 Å². The van der Waals surface area contributed by atoms with Gasteiger partial charge < -0.3 is 4.74 Å². The van der Waals surface area contributed by atoms with Gasteiger partial charge in [0.2, 0.25) is 0 Å². The van der Waals surface area contributed by atoms with E-state index in [4.69, 9.17) is 28.6 Å². The number of rotatable bonds is 1. The van der Waals surface area contributed by atoms with Crippen LogP contribution in [0.4, 0.5) is 0 Å². The summed E-state index contributed by atoms with van der Waals surface area (Å²) in [6.07, 6.45) is 11.1. The van der Waals surface area contributed by atoms with Crippen LogP contribution in [0.5, 0.6) is 0 Å². The maximum absolute atomic E-state index is 12.5. The predicted octanol–water partition coefficient (Wildman–Crippen LogP) is 5.43. The average molecular weight is 367 g/mol. The lowest BCUT2D eigenvalue weighted by Crippen LogP contribution is -2.50. The lowest BCUT2D eigenvalue weighted by molar-refractivity contribution is -0.131. The standard InChI is InChI=1S/C20H27ClO2S/c1-19-9-7-13(23-18(21)24)11-12(19)3-4-14-15-5-6-17(22)20(15,2)10-8-16(14)19/h3,13-16H,4-11H2,1-2H3/t13?,14-,15-,16+,19-,20-/m0/s1. The van der Waals surface area contributed by atoms with Crippen molar-refractivity contribution in [2.24, 2.45) is 28.6 Å². The highest BCUT2D eigenvalue weighted by Gasteiger charge is 2.58. The van der Waals surface area contributed by atoms with E-state index < -0.39 is 0 Å². The fraction of sp³-hybridized carbons (Fsp3) is 0.800. The Hall–Kier alpha value is -0.410. The molecule has 0 radical (unpaired) electrons. The Kier molecular flexibility index (Phi) is 4.12. The molecule has 6 atom stereocenters. The van der Waals surface area contributed by atoms with Gasteiger partial charge >= 0.3 is 0 Å². The number of ketones is 1. The minimum absolute atomic E-state index is 0.0337. The minimum atomic E-state index is -0.0337. The van der Waals surface area contributed by atoms with Gasteiger partial charge in [-0.1, -0.05) is 25.5 Å². The van der Waals surface area contributed by atoms with Crippen LogP contribution in [-0.2, 0) is 9.53 Å². The number of allylic oxidation sites excluding steroid dienone is 1. The number of hydrogen-bond acceptors (Lipinski definition) is 3. The molecule has 0 aliphatic heterocycles. The Balaban J connectivity index is 1.60. The Morgan fingerprint density at radius 2 is 1.92 bits per heavy atom. The van der Waals surface area contributed by atoms with Gasteiger partial charge in [-0.3, -0.25) is 4.79 Å². The Morgan fingerprint density at radius 1 is 1.21 bits per heavy atom. The van der Waals surface area contributed by atoms with E-state index in [2.05, 4.69) is 19.9 Å². The van der Waals surface area contributed by atoms with E-state index in [9.17, 15) is 4.79 Å². The van der Waals surface area contributed by atoms with Crippen molar-refractivity contribution in [2.45, 2.75) is 71.3 Å². The average Bonchev–Trinajstić information content (AvgIpc) is 2.83. The summed E-state index contributed by atoms with van der Waals surface area (Å²) >= 11 is 10.7. The molecule has 4 heteroatoms. The summed E-state index contributed by atoms with van der Waals surface area (Å²) in [5.74, 6) is 2.54. The van der Waals surface area contributed by atoms with E-state index in [1.165, 1.54) is 6.42 Å². The monoisotopic (exact) mass is 366 g/mol. The van der Waals surface area contributed by atoms with E-state index in [1.807, 2.05) is 0 Å².